The molecule has 1 aliphatic rings. The summed E-state index contributed by atoms with van der Waals surface area (Å²) in [6.45, 7) is 6.58. The van der Waals surface area contributed by atoms with Crippen LogP contribution in [0, 0.1) is 0 Å². The van der Waals surface area contributed by atoms with Gasteiger partial charge in [0.1, 0.15) is 0 Å². The molecule has 132 valence electrons. The van der Waals surface area contributed by atoms with E-state index in [1.165, 1.54) is 0 Å². The first-order valence-corrected chi connectivity index (χ1v) is 8.58. The van der Waals surface area contributed by atoms with Gasteiger partial charge in [-0.1, -0.05) is 6.07 Å². The number of carbonyl (C=O) groups excluding carboxylic acids is 2. The van der Waals surface area contributed by atoms with Gasteiger partial charge in [0.15, 0.2) is 0 Å². The first-order chi connectivity index (χ1) is 11.5. The van der Waals surface area contributed by atoms with Crippen LogP contribution in [0.1, 0.15) is 37.0 Å². The van der Waals surface area contributed by atoms with Gasteiger partial charge in [-0.3, -0.25) is 4.79 Å². The second-order valence-electron chi connectivity index (χ2n) is 6.00. The van der Waals surface area contributed by atoms with Gasteiger partial charge in [-0.15, -0.1) is 0 Å². The Morgan fingerprint density at radius 2 is 2.04 bits per heavy atom. The molecule has 0 bridgehead atoms. The number of urea groups is 1. The van der Waals surface area contributed by atoms with Crippen molar-refractivity contribution in [1.82, 2.24) is 9.80 Å². The summed E-state index contributed by atoms with van der Waals surface area (Å²) in [4.78, 5) is 28.1. The Hall–Kier alpha value is -2.08. The number of ether oxygens (including phenoxy) is 1. The largest absolute Gasteiger partial charge is 0.376 e. The van der Waals surface area contributed by atoms with E-state index in [0.29, 0.717) is 30.9 Å². The number of rotatable bonds is 6. The monoisotopic (exact) mass is 333 g/mol. The van der Waals surface area contributed by atoms with Crippen molar-refractivity contribution >= 4 is 17.6 Å². The topological polar surface area (TPSA) is 61.9 Å². The molecule has 0 radical (unpaired) electrons. The molecule has 1 saturated heterocycles. The maximum Gasteiger partial charge on any atom is 0.321 e. The second-order valence-corrected chi connectivity index (χ2v) is 6.00. The third-order valence-electron chi connectivity index (χ3n) is 4.26. The maximum atomic E-state index is 12.4. The quantitative estimate of drug-likeness (QED) is 0.871. The summed E-state index contributed by atoms with van der Waals surface area (Å²) in [5, 5.41) is 2.85. The molecule has 1 atom stereocenters. The lowest BCUT2D eigenvalue weighted by Crippen LogP contribution is -2.37. The Balaban J connectivity index is 1.97. The molecule has 1 aromatic rings. The lowest BCUT2D eigenvalue weighted by atomic mass is 10.1. The minimum atomic E-state index is -0.196. The van der Waals surface area contributed by atoms with Gasteiger partial charge in [0.05, 0.1) is 6.10 Å². The lowest BCUT2D eigenvalue weighted by molar-refractivity contribution is 0.0773. The Kier molecular flexibility index (Phi) is 6.61. The number of amides is 3. The highest BCUT2D eigenvalue weighted by atomic mass is 16.5. The van der Waals surface area contributed by atoms with Crippen molar-refractivity contribution in [3.63, 3.8) is 0 Å². The lowest BCUT2D eigenvalue weighted by Gasteiger charge is -2.22. The first kappa shape index (κ1) is 18.3. The molecular formula is C18H27N3O3. The van der Waals surface area contributed by atoms with Crippen LogP contribution in [0.3, 0.4) is 0 Å². The van der Waals surface area contributed by atoms with Gasteiger partial charge >= 0.3 is 6.03 Å². The third kappa shape index (κ3) is 4.71. The Morgan fingerprint density at radius 1 is 1.29 bits per heavy atom. The number of benzene rings is 1. The number of carbonyl (C=O) groups is 2. The summed E-state index contributed by atoms with van der Waals surface area (Å²) in [6.07, 6.45) is 2.16. The number of hydrogen-bond acceptors (Lipinski definition) is 3. The van der Waals surface area contributed by atoms with Crippen LogP contribution in [-0.2, 0) is 4.74 Å². The predicted octanol–water partition coefficient (Wildman–Crippen LogP) is 2.81. The fourth-order valence-electron chi connectivity index (χ4n) is 2.82. The van der Waals surface area contributed by atoms with E-state index in [1.807, 2.05) is 13.8 Å². The molecule has 1 fully saturated rings. The molecule has 0 aromatic heterocycles. The highest BCUT2D eigenvalue weighted by Gasteiger charge is 2.20. The first-order valence-electron chi connectivity index (χ1n) is 8.58. The van der Waals surface area contributed by atoms with E-state index < -0.39 is 0 Å². The molecular weight excluding hydrogens is 306 g/mol. The van der Waals surface area contributed by atoms with Gasteiger partial charge in [0.2, 0.25) is 0 Å². The van der Waals surface area contributed by atoms with E-state index in [2.05, 4.69) is 5.32 Å². The molecule has 3 amide bonds. The third-order valence-corrected chi connectivity index (χ3v) is 4.26. The fourth-order valence-corrected chi connectivity index (χ4v) is 2.82. The number of nitrogens with zero attached hydrogens (tertiary/aromatic N) is 2. The summed E-state index contributed by atoms with van der Waals surface area (Å²) in [5.74, 6) is -0.0243. The smallest absolute Gasteiger partial charge is 0.321 e. The number of hydrogen-bond donors (Lipinski definition) is 1. The van der Waals surface area contributed by atoms with Crippen LogP contribution < -0.4 is 5.32 Å². The zero-order valence-electron chi connectivity index (χ0n) is 14.7. The molecule has 2 rings (SSSR count). The average Bonchev–Trinajstić information content (AvgIpc) is 3.09. The Bertz CT molecular complexity index is 566. The van der Waals surface area contributed by atoms with E-state index in [4.69, 9.17) is 4.74 Å². The molecule has 1 heterocycles. The zero-order chi connectivity index (χ0) is 17.5. The van der Waals surface area contributed by atoms with E-state index in [9.17, 15) is 9.59 Å². The van der Waals surface area contributed by atoms with Crippen molar-refractivity contribution in [2.24, 2.45) is 0 Å². The average molecular weight is 333 g/mol. The van der Waals surface area contributed by atoms with Gasteiger partial charge in [-0.05, 0) is 44.9 Å². The van der Waals surface area contributed by atoms with Crippen LogP contribution in [0.5, 0.6) is 0 Å². The SMILES string of the molecule is CCN(CC)C(=O)c1cccc(NC(=O)N(C)C[C@H]2CCCO2)c1. The summed E-state index contributed by atoms with van der Waals surface area (Å²) in [6, 6.07) is 6.87. The molecule has 1 aromatic carbocycles. The standard InChI is InChI=1S/C18H27N3O3/c1-4-21(5-2)17(22)14-8-6-9-15(12-14)19-18(23)20(3)13-16-10-7-11-24-16/h6,8-9,12,16H,4-5,7,10-11,13H2,1-3H3,(H,19,23)/t16-/m1/s1. The molecule has 0 spiro atoms. The van der Waals surface area contributed by atoms with Crippen LogP contribution >= 0.6 is 0 Å². The van der Waals surface area contributed by atoms with Crippen molar-refractivity contribution < 1.29 is 14.3 Å². The summed E-state index contributed by atoms with van der Waals surface area (Å²) >= 11 is 0. The predicted molar refractivity (Wildman–Crippen MR) is 94.3 cm³/mol. The van der Waals surface area contributed by atoms with E-state index >= 15 is 0 Å². The van der Waals surface area contributed by atoms with Crippen LogP contribution in [0.4, 0.5) is 10.5 Å². The molecule has 0 saturated carbocycles. The zero-order valence-corrected chi connectivity index (χ0v) is 14.7. The highest BCUT2D eigenvalue weighted by molar-refractivity contribution is 5.96. The number of likely N-dealkylation sites (N-methyl/N-ethyl adjacent to an activating group) is 1. The van der Waals surface area contributed by atoms with Gasteiger partial charge in [0, 0.05) is 44.5 Å². The van der Waals surface area contributed by atoms with Crippen molar-refractivity contribution in [3.8, 4) is 0 Å². The molecule has 0 unspecified atom stereocenters. The number of anilines is 1. The maximum absolute atomic E-state index is 12.4. The Labute approximate surface area is 143 Å². The fraction of sp³-hybridized carbons (Fsp3) is 0.556. The van der Waals surface area contributed by atoms with Crippen molar-refractivity contribution in [1.29, 1.82) is 0 Å². The number of nitrogens with one attached hydrogen (secondary N) is 1. The molecule has 24 heavy (non-hydrogen) atoms. The molecule has 6 heteroatoms. The van der Waals surface area contributed by atoms with Gasteiger partial charge < -0.3 is 19.9 Å². The molecule has 6 nitrogen and oxygen atoms in total. The second kappa shape index (κ2) is 8.68. The van der Waals surface area contributed by atoms with Crippen LogP contribution in [0.15, 0.2) is 24.3 Å². The van der Waals surface area contributed by atoms with Crippen LogP contribution in [-0.4, -0.2) is 61.1 Å². The minimum Gasteiger partial charge on any atom is -0.376 e. The normalized spacial score (nSPS) is 16.7. The van der Waals surface area contributed by atoms with E-state index in [1.54, 1.807) is 41.1 Å². The molecule has 1 aliphatic heterocycles. The van der Waals surface area contributed by atoms with Crippen LogP contribution in [0.2, 0.25) is 0 Å². The van der Waals surface area contributed by atoms with E-state index in [-0.39, 0.29) is 18.0 Å². The van der Waals surface area contributed by atoms with Crippen molar-refractivity contribution in [2.45, 2.75) is 32.8 Å². The van der Waals surface area contributed by atoms with Gasteiger partial charge in [-0.2, -0.15) is 0 Å². The summed E-state index contributed by atoms with van der Waals surface area (Å²) < 4.78 is 5.55. The van der Waals surface area contributed by atoms with Crippen molar-refractivity contribution in [3.05, 3.63) is 29.8 Å². The van der Waals surface area contributed by atoms with Crippen molar-refractivity contribution in [2.75, 3.05) is 38.6 Å². The van der Waals surface area contributed by atoms with Gasteiger partial charge in [-0.25, -0.2) is 4.79 Å². The van der Waals surface area contributed by atoms with Gasteiger partial charge in [0.25, 0.3) is 5.91 Å². The summed E-state index contributed by atoms with van der Waals surface area (Å²) in [5.41, 5.74) is 1.20. The Morgan fingerprint density at radius 3 is 2.67 bits per heavy atom. The highest BCUT2D eigenvalue weighted by Crippen LogP contribution is 2.15. The molecule has 1 N–H and O–H groups in total. The van der Waals surface area contributed by atoms with Crippen LogP contribution in [0.25, 0.3) is 0 Å². The summed E-state index contributed by atoms with van der Waals surface area (Å²) in [7, 11) is 1.75. The minimum absolute atomic E-state index is 0.0243. The van der Waals surface area contributed by atoms with E-state index in [0.717, 1.165) is 19.4 Å². The molecule has 0 aliphatic carbocycles.